The van der Waals surface area contributed by atoms with E-state index >= 15 is 0 Å². The molecule has 0 spiro atoms. The Kier molecular flexibility index (Phi) is 13.7. The Morgan fingerprint density at radius 1 is 0.333 bits per heavy atom. The number of rotatable bonds is 4. The minimum Gasteiger partial charge on any atom is -0.121 e. The molecule has 0 unspecified atom stereocenters. The fraction of sp³-hybridized carbons (Fsp3) is 0.400. The van der Waals surface area contributed by atoms with Gasteiger partial charge in [-0.2, -0.15) is 0 Å². The molecule has 5 aliphatic rings. The first-order valence-corrected chi connectivity index (χ1v) is 25.6. The third kappa shape index (κ3) is 7.75. The van der Waals surface area contributed by atoms with Gasteiger partial charge in [0.1, 0.15) is 0 Å². The number of hydrogen-bond donors (Lipinski definition) is 0. The summed E-state index contributed by atoms with van der Waals surface area (Å²) in [4.78, 5) is 0. The van der Waals surface area contributed by atoms with Crippen LogP contribution in [0.1, 0.15) is 0 Å². The second-order valence-electron chi connectivity index (χ2n) is 6.48. The zero-order valence-corrected chi connectivity index (χ0v) is 32.4. The molecule has 5 aliphatic heterocycles. The summed E-state index contributed by atoms with van der Waals surface area (Å²) in [6.45, 7) is 0. The van der Waals surface area contributed by atoms with Gasteiger partial charge in [-0.15, -0.1) is 94.1 Å². The van der Waals surface area contributed by atoms with E-state index in [2.05, 4.69) is 72.1 Å². The summed E-state index contributed by atoms with van der Waals surface area (Å²) in [5.41, 5.74) is 0. The summed E-state index contributed by atoms with van der Waals surface area (Å²) in [7, 11) is 0. The first-order chi connectivity index (χ1) is 17.6. The van der Waals surface area contributed by atoms with Crippen LogP contribution in [0.2, 0.25) is 0 Å². The molecule has 36 heavy (non-hydrogen) atoms. The largest absolute Gasteiger partial charge is 0.121 e. The van der Waals surface area contributed by atoms with Crippen molar-refractivity contribution in [2.45, 2.75) is 0 Å². The van der Waals surface area contributed by atoms with Crippen LogP contribution in [0.25, 0.3) is 0 Å². The van der Waals surface area contributed by atoms with Crippen LogP contribution in [0.15, 0.2) is 50.8 Å². The van der Waals surface area contributed by atoms with Crippen molar-refractivity contribution in [3.05, 3.63) is 50.8 Å². The lowest BCUT2D eigenvalue weighted by Gasteiger charge is -2.07. The zero-order chi connectivity index (χ0) is 25.1. The standard InChI is InChI=1S/C20H20S16/c1-21-9-10(22-2)30-17(29-9)20-35-15-16(36-20)28-8-6-26-14-12(24-4)32-19(34-14)18-31-11(23-3)13(33-18)25-5-7-27-15/h5-8H2,1-4H3/b19-18-. The smallest absolute Gasteiger partial charge is 0.0717 e. The van der Waals surface area contributed by atoms with E-state index in [1.165, 1.54) is 50.8 Å². The highest BCUT2D eigenvalue weighted by Crippen LogP contribution is 2.67. The number of hydrogen-bond acceptors (Lipinski definition) is 16. The maximum Gasteiger partial charge on any atom is 0.0717 e. The van der Waals surface area contributed by atoms with Crippen molar-refractivity contribution in [2.24, 2.45) is 0 Å². The van der Waals surface area contributed by atoms with Crippen molar-refractivity contribution in [2.75, 3.05) is 48.0 Å². The Labute approximate surface area is 282 Å². The molecule has 0 radical (unpaired) electrons. The van der Waals surface area contributed by atoms with Gasteiger partial charge in [0.2, 0.25) is 0 Å². The summed E-state index contributed by atoms with van der Waals surface area (Å²) in [6, 6.07) is 0. The predicted octanol–water partition coefficient (Wildman–Crippen LogP) is 13.1. The lowest BCUT2D eigenvalue weighted by Crippen LogP contribution is -1.86. The molecule has 5 heterocycles. The topological polar surface area (TPSA) is 0 Å². The van der Waals surface area contributed by atoms with Crippen LogP contribution in [0.5, 0.6) is 0 Å². The van der Waals surface area contributed by atoms with Crippen LogP contribution in [0.4, 0.5) is 0 Å². The molecule has 0 fully saturated rings. The zero-order valence-electron chi connectivity index (χ0n) is 19.4. The maximum atomic E-state index is 2.23. The molecule has 0 saturated carbocycles. The van der Waals surface area contributed by atoms with Crippen molar-refractivity contribution in [3.63, 3.8) is 0 Å². The molecule has 4 bridgehead atoms. The van der Waals surface area contributed by atoms with Gasteiger partial charge in [-0.3, -0.25) is 0 Å². The van der Waals surface area contributed by atoms with Gasteiger partial charge in [-0.25, -0.2) is 0 Å². The third-order valence-corrected chi connectivity index (χ3v) is 27.4. The highest BCUT2D eigenvalue weighted by atomic mass is 32.3. The van der Waals surface area contributed by atoms with Crippen LogP contribution in [0.3, 0.4) is 0 Å². The van der Waals surface area contributed by atoms with E-state index in [1.807, 2.05) is 141 Å². The fourth-order valence-electron chi connectivity index (χ4n) is 2.81. The molecule has 0 saturated heterocycles. The lowest BCUT2D eigenvalue weighted by atomic mass is 11.0. The van der Waals surface area contributed by atoms with Gasteiger partial charge in [0.05, 0.1) is 50.8 Å². The van der Waals surface area contributed by atoms with Gasteiger partial charge in [-0.1, -0.05) is 94.1 Å². The highest BCUT2D eigenvalue weighted by molar-refractivity contribution is 8.46. The Morgan fingerprint density at radius 2 is 0.611 bits per heavy atom. The first kappa shape index (κ1) is 31.5. The molecule has 0 atom stereocenters. The Morgan fingerprint density at radius 3 is 1.00 bits per heavy atom. The van der Waals surface area contributed by atoms with Crippen molar-refractivity contribution < 1.29 is 0 Å². The van der Waals surface area contributed by atoms with E-state index in [-0.39, 0.29) is 0 Å². The van der Waals surface area contributed by atoms with E-state index in [0.29, 0.717) is 0 Å². The van der Waals surface area contributed by atoms with E-state index in [0.717, 1.165) is 23.0 Å². The Balaban J connectivity index is 1.32. The van der Waals surface area contributed by atoms with E-state index in [4.69, 9.17) is 0 Å². The summed E-state index contributed by atoms with van der Waals surface area (Å²) >= 11 is 31.9. The second-order valence-corrected chi connectivity index (χ2v) is 25.4. The van der Waals surface area contributed by atoms with E-state index in [9.17, 15) is 0 Å². The van der Waals surface area contributed by atoms with Crippen LogP contribution in [-0.4, -0.2) is 48.0 Å². The molecular formula is C20H20S16. The highest BCUT2D eigenvalue weighted by Gasteiger charge is 2.32. The molecule has 16 heteroatoms. The van der Waals surface area contributed by atoms with Gasteiger partial charge in [0, 0.05) is 23.0 Å². The van der Waals surface area contributed by atoms with Crippen molar-refractivity contribution in [1.29, 1.82) is 0 Å². The molecule has 0 amide bonds. The number of fused-ring (bicyclic) bond motifs is 4. The molecule has 0 aliphatic carbocycles. The third-order valence-electron chi connectivity index (χ3n) is 4.32. The minimum atomic E-state index is 1.16. The SMILES string of the molecule is CSC1=C(SC)SC(=C2SC3=C(SCCSC4=C(SC)S/C(=C5\SC(SC)=C(SCCS3)S5)S4)S2)S1. The van der Waals surface area contributed by atoms with Crippen LogP contribution in [-0.2, 0) is 0 Å². The molecule has 196 valence electrons. The van der Waals surface area contributed by atoms with E-state index < -0.39 is 0 Å². The number of thioether (sulfide) groups is 16. The summed E-state index contributed by atoms with van der Waals surface area (Å²) < 4.78 is 17.9. The molecule has 5 rings (SSSR count). The van der Waals surface area contributed by atoms with Crippen molar-refractivity contribution in [3.8, 4) is 0 Å². The molecule has 0 N–H and O–H groups in total. The normalized spacial score (nSPS) is 26.3. The van der Waals surface area contributed by atoms with Crippen LogP contribution in [0, 0.1) is 0 Å². The minimum absolute atomic E-state index is 1.16. The Bertz CT molecular complexity index is 1010. The predicted molar refractivity (Wildman–Crippen MR) is 207 cm³/mol. The molecule has 0 nitrogen and oxygen atoms in total. The summed E-state index contributed by atoms with van der Waals surface area (Å²) in [6.07, 6.45) is 8.86. The van der Waals surface area contributed by atoms with Crippen LogP contribution >= 0.6 is 188 Å². The van der Waals surface area contributed by atoms with Crippen molar-refractivity contribution >= 4 is 188 Å². The quantitative estimate of drug-likeness (QED) is 0.266. The van der Waals surface area contributed by atoms with Gasteiger partial charge in [-0.05, 0) is 25.0 Å². The van der Waals surface area contributed by atoms with Gasteiger partial charge < -0.3 is 0 Å². The average molecular weight is 773 g/mol. The van der Waals surface area contributed by atoms with Gasteiger partial charge in [0.25, 0.3) is 0 Å². The molecule has 0 aromatic heterocycles. The van der Waals surface area contributed by atoms with Crippen molar-refractivity contribution in [1.82, 2.24) is 0 Å². The molecule has 0 aromatic rings. The van der Waals surface area contributed by atoms with Gasteiger partial charge >= 0.3 is 0 Å². The first-order valence-electron chi connectivity index (χ1n) is 10.2. The fourth-order valence-corrected chi connectivity index (χ4v) is 25.3. The summed E-state index contributed by atoms with van der Waals surface area (Å²) in [5.74, 6) is 4.64. The second kappa shape index (κ2) is 15.7. The maximum absolute atomic E-state index is 2.23. The monoisotopic (exact) mass is 772 g/mol. The average Bonchev–Trinajstić information content (AvgIpc) is 3.67. The molecular weight excluding hydrogens is 753 g/mol. The summed E-state index contributed by atoms with van der Waals surface area (Å²) in [5, 5.41) is 0. The molecule has 0 aromatic carbocycles. The van der Waals surface area contributed by atoms with E-state index in [1.54, 1.807) is 0 Å². The Hall–Kier alpha value is 4.04. The van der Waals surface area contributed by atoms with Crippen LogP contribution < -0.4 is 0 Å². The lowest BCUT2D eigenvalue weighted by molar-refractivity contribution is 1.56. The van der Waals surface area contributed by atoms with Gasteiger partial charge in [0.15, 0.2) is 0 Å².